The summed E-state index contributed by atoms with van der Waals surface area (Å²) in [6.45, 7) is 0. The van der Waals surface area contributed by atoms with Gasteiger partial charge in [-0.25, -0.2) is 4.39 Å². The summed E-state index contributed by atoms with van der Waals surface area (Å²) in [5.41, 5.74) is 1.46. The van der Waals surface area contributed by atoms with Crippen LogP contribution >= 0.6 is 15.9 Å². The van der Waals surface area contributed by atoms with E-state index in [9.17, 15) is 9.50 Å². The lowest BCUT2D eigenvalue weighted by Crippen LogP contribution is -2.03. The van der Waals surface area contributed by atoms with Crippen molar-refractivity contribution < 1.29 is 9.50 Å². The molecule has 0 fully saturated rings. The van der Waals surface area contributed by atoms with Crippen molar-refractivity contribution in [2.75, 3.05) is 0 Å². The zero-order chi connectivity index (χ0) is 12.3. The highest BCUT2D eigenvalue weighted by atomic mass is 79.9. The number of nitrogens with zero attached hydrogens (tertiary/aromatic N) is 1. The van der Waals surface area contributed by atoms with Gasteiger partial charge in [0.1, 0.15) is 5.82 Å². The monoisotopic (exact) mass is 295 g/mol. The summed E-state index contributed by atoms with van der Waals surface area (Å²) in [6, 6.07) is 8.93. The Morgan fingerprint density at radius 1 is 1.29 bits per heavy atom. The number of rotatable bonds is 3. The molecule has 0 aliphatic rings. The van der Waals surface area contributed by atoms with Gasteiger partial charge in [0, 0.05) is 22.7 Å². The Balaban J connectivity index is 2.17. The number of halogens is 2. The summed E-state index contributed by atoms with van der Waals surface area (Å²) in [5, 5.41) is 10.00. The molecule has 0 radical (unpaired) electrons. The molecule has 0 amide bonds. The topological polar surface area (TPSA) is 33.1 Å². The SMILES string of the molecule is OC(Cc1ccccc1Br)c1cncc(F)c1. The lowest BCUT2D eigenvalue weighted by atomic mass is 10.0. The van der Waals surface area contributed by atoms with E-state index in [4.69, 9.17) is 0 Å². The number of aliphatic hydroxyl groups excluding tert-OH is 1. The van der Waals surface area contributed by atoms with Gasteiger partial charge in [0.15, 0.2) is 0 Å². The summed E-state index contributed by atoms with van der Waals surface area (Å²) in [6.07, 6.45) is 2.27. The second-order valence-corrected chi connectivity index (χ2v) is 4.60. The van der Waals surface area contributed by atoms with E-state index in [1.54, 1.807) is 0 Å². The number of pyridine rings is 1. The van der Waals surface area contributed by atoms with Crippen LogP contribution in [-0.2, 0) is 6.42 Å². The van der Waals surface area contributed by atoms with Crippen LogP contribution in [0.1, 0.15) is 17.2 Å². The number of aliphatic hydroxyl groups is 1. The fourth-order valence-corrected chi connectivity index (χ4v) is 2.05. The van der Waals surface area contributed by atoms with Gasteiger partial charge in [0.05, 0.1) is 12.3 Å². The smallest absolute Gasteiger partial charge is 0.141 e. The number of hydrogen-bond donors (Lipinski definition) is 1. The van der Waals surface area contributed by atoms with E-state index in [0.717, 1.165) is 16.2 Å². The molecule has 1 atom stereocenters. The predicted octanol–water partition coefficient (Wildman–Crippen LogP) is 3.26. The van der Waals surface area contributed by atoms with Gasteiger partial charge in [0.25, 0.3) is 0 Å². The van der Waals surface area contributed by atoms with Crippen molar-refractivity contribution in [3.63, 3.8) is 0 Å². The van der Waals surface area contributed by atoms with E-state index in [1.165, 1.54) is 12.3 Å². The van der Waals surface area contributed by atoms with Crippen molar-refractivity contribution >= 4 is 15.9 Å². The van der Waals surface area contributed by atoms with E-state index in [1.807, 2.05) is 24.3 Å². The van der Waals surface area contributed by atoms with E-state index < -0.39 is 11.9 Å². The Morgan fingerprint density at radius 2 is 2.06 bits per heavy atom. The normalized spacial score (nSPS) is 12.4. The van der Waals surface area contributed by atoms with Crippen LogP contribution in [0.2, 0.25) is 0 Å². The second kappa shape index (κ2) is 5.38. The van der Waals surface area contributed by atoms with Crippen molar-refractivity contribution in [2.24, 2.45) is 0 Å². The largest absolute Gasteiger partial charge is 0.388 e. The van der Waals surface area contributed by atoms with Crippen LogP contribution in [0.25, 0.3) is 0 Å². The highest BCUT2D eigenvalue weighted by Gasteiger charge is 2.11. The molecule has 1 unspecified atom stereocenters. The Morgan fingerprint density at radius 3 is 2.76 bits per heavy atom. The van der Waals surface area contributed by atoms with E-state index >= 15 is 0 Å². The summed E-state index contributed by atoms with van der Waals surface area (Å²) < 4.78 is 13.9. The summed E-state index contributed by atoms with van der Waals surface area (Å²) in [7, 11) is 0. The van der Waals surface area contributed by atoms with Gasteiger partial charge in [-0.05, 0) is 17.7 Å². The number of benzene rings is 1. The van der Waals surface area contributed by atoms with Crippen molar-refractivity contribution in [3.05, 3.63) is 64.1 Å². The van der Waals surface area contributed by atoms with Gasteiger partial charge in [0.2, 0.25) is 0 Å². The first kappa shape index (κ1) is 12.2. The molecule has 0 saturated heterocycles. The van der Waals surface area contributed by atoms with Gasteiger partial charge < -0.3 is 5.11 Å². The minimum absolute atomic E-state index is 0.423. The van der Waals surface area contributed by atoms with Gasteiger partial charge in [-0.15, -0.1) is 0 Å². The molecular formula is C13H11BrFNO. The van der Waals surface area contributed by atoms with Crippen molar-refractivity contribution in [3.8, 4) is 0 Å². The maximum absolute atomic E-state index is 13.0. The fourth-order valence-electron chi connectivity index (χ4n) is 1.60. The van der Waals surface area contributed by atoms with E-state index in [-0.39, 0.29) is 0 Å². The standard InChI is InChI=1S/C13H11BrFNO/c14-12-4-2-1-3-9(12)6-13(17)10-5-11(15)8-16-7-10/h1-5,7-8,13,17H,6H2. The average molecular weight is 296 g/mol. The van der Waals surface area contributed by atoms with Crippen LogP contribution in [0.4, 0.5) is 4.39 Å². The second-order valence-electron chi connectivity index (χ2n) is 3.75. The Bertz CT molecular complexity index is 518. The van der Waals surface area contributed by atoms with Crippen LogP contribution in [0, 0.1) is 5.82 Å². The Kier molecular flexibility index (Phi) is 3.86. The Hall–Kier alpha value is -1.26. The lowest BCUT2D eigenvalue weighted by Gasteiger charge is -2.11. The molecule has 4 heteroatoms. The third-order valence-electron chi connectivity index (χ3n) is 2.48. The van der Waals surface area contributed by atoms with Crippen LogP contribution in [0.15, 0.2) is 47.2 Å². The molecule has 0 bridgehead atoms. The Labute approximate surface area is 107 Å². The molecule has 1 aromatic heterocycles. The molecule has 0 saturated carbocycles. The predicted molar refractivity (Wildman–Crippen MR) is 67.0 cm³/mol. The molecule has 0 spiro atoms. The highest BCUT2D eigenvalue weighted by molar-refractivity contribution is 9.10. The third kappa shape index (κ3) is 3.11. The first-order chi connectivity index (χ1) is 8.16. The first-order valence-corrected chi connectivity index (χ1v) is 5.98. The molecule has 88 valence electrons. The van der Waals surface area contributed by atoms with Gasteiger partial charge in [-0.3, -0.25) is 4.98 Å². The summed E-state index contributed by atoms with van der Waals surface area (Å²) in [4.78, 5) is 3.72. The lowest BCUT2D eigenvalue weighted by molar-refractivity contribution is 0.177. The zero-order valence-electron chi connectivity index (χ0n) is 8.98. The fraction of sp³-hybridized carbons (Fsp3) is 0.154. The summed E-state index contributed by atoms with van der Waals surface area (Å²) in [5.74, 6) is -0.436. The van der Waals surface area contributed by atoms with Gasteiger partial charge in [-0.1, -0.05) is 34.1 Å². The summed E-state index contributed by atoms with van der Waals surface area (Å²) >= 11 is 3.41. The minimum Gasteiger partial charge on any atom is -0.388 e. The number of hydrogen-bond acceptors (Lipinski definition) is 2. The average Bonchev–Trinajstić information content (AvgIpc) is 2.32. The third-order valence-corrected chi connectivity index (χ3v) is 3.26. The van der Waals surface area contributed by atoms with Crippen molar-refractivity contribution in [1.82, 2.24) is 4.98 Å². The minimum atomic E-state index is -0.753. The van der Waals surface area contributed by atoms with Gasteiger partial charge in [-0.2, -0.15) is 0 Å². The quantitative estimate of drug-likeness (QED) is 0.943. The van der Waals surface area contributed by atoms with Crippen LogP contribution in [0.3, 0.4) is 0 Å². The molecule has 2 rings (SSSR count). The van der Waals surface area contributed by atoms with Crippen LogP contribution < -0.4 is 0 Å². The molecule has 1 aromatic carbocycles. The molecule has 1 N–H and O–H groups in total. The van der Waals surface area contributed by atoms with Crippen LogP contribution in [0.5, 0.6) is 0 Å². The molecule has 17 heavy (non-hydrogen) atoms. The maximum atomic E-state index is 13.0. The molecular weight excluding hydrogens is 285 g/mol. The number of aromatic nitrogens is 1. The molecule has 0 aliphatic carbocycles. The van der Waals surface area contributed by atoms with Gasteiger partial charge >= 0.3 is 0 Å². The van der Waals surface area contributed by atoms with Crippen LogP contribution in [-0.4, -0.2) is 10.1 Å². The highest BCUT2D eigenvalue weighted by Crippen LogP contribution is 2.23. The first-order valence-electron chi connectivity index (χ1n) is 5.19. The van der Waals surface area contributed by atoms with Crippen molar-refractivity contribution in [1.29, 1.82) is 0 Å². The maximum Gasteiger partial charge on any atom is 0.141 e. The van der Waals surface area contributed by atoms with E-state index in [2.05, 4.69) is 20.9 Å². The zero-order valence-corrected chi connectivity index (χ0v) is 10.6. The molecule has 1 heterocycles. The molecule has 2 aromatic rings. The molecule has 0 aliphatic heterocycles. The van der Waals surface area contributed by atoms with Crippen molar-refractivity contribution in [2.45, 2.75) is 12.5 Å². The van der Waals surface area contributed by atoms with E-state index in [0.29, 0.717) is 12.0 Å². The molecule has 2 nitrogen and oxygen atoms in total.